The van der Waals surface area contributed by atoms with Crippen molar-refractivity contribution in [2.75, 3.05) is 0 Å². The minimum Gasteiger partial charge on any atom is -0.486 e. The van der Waals surface area contributed by atoms with Crippen molar-refractivity contribution in [2.45, 2.75) is 26.5 Å². The Morgan fingerprint density at radius 1 is 0.761 bits per heavy atom. The van der Waals surface area contributed by atoms with Crippen LogP contribution in [0.1, 0.15) is 9.81 Å². The van der Waals surface area contributed by atoms with E-state index in [9.17, 15) is 0 Å². The zero-order chi connectivity index (χ0) is 33.5. The summed E-state index contributed by atoms with van der Waals surface area (Å²) in [4.78, 5) is 13.7. The van der Waals surface area contributed by atoms with Crippen LogP contribution in [0.5, 0.6) is 0 Å². The average Bonchev–Trinajstić information content (AvgIpc) is 3.67. The third kappa shape index (κ3) is 5.97. The van der Waals surface area contributed by atoms with Gasteiger partial charge in [-0.1, -0.05) is 73.1 Å². The molecule has 4 heterocycles. The molecule has 0 fully saturated rings. The van der Waals surface area contributed by atoms with Crippen LogP contribution in [0.2, 0.25) is 19.6 Å². The van der Waals surface area contributed by atoms with Crippen molar-refractivity contribution in [3.63, 3.8) is 0 Å². The normalized spacial score (nSPS) is 12.5. The van der Waals surface area contributed by atoms with Gasteiger partial charge in [0, 0.05) is 47.2 Å². The first-order chi connectivity index (χ1) is 23.1. The predicted molar refractivity (Wildman–Crippen MR) is 187 cm³/mol. The largest absolute Gasteiger partial charge is 0.486 e. The van der Waals surface area contributed by atoms with Crippen LogP contribution in [0.15, 0.2) is 126 Å². The molecule has 0 saturated heterocycles. The van der Waals surface area contributed by atoms with E-state index in [1.165, 1.54) is 0 Å². The van der Waals surface area contributed by atoms with Crippen molar-refractivity contribution in [1.29, 1.82) is 0 Å². The Bertz CT molecular complexity index is 2380. The molecular weight excluding hydrogens is 761 g/mol. The summed E-state index contributed by atoms with van der Waals surface area (Å²) in [7, 11) is -1.74. The van der Waals surface area contributed by atoms with Crippen LogP contribution in [0.3, 0.4) is 0 Å². The van der Waals surface area contributed by atoms with E-state index < -0.39 is 14.9 Å². The molecule has 8 rings (SSSR count). The summed E-state index contributed by atoms with van der Waals surface area (Å²) in [6, 6.07) is 44.0. The van der Waals surface area contributed by atoms with Gasteiger partial charge in [-0.05, 0) is 54.1 Å². The number of hydrogen-bond acceptors (Lipinski definition) is 4. The fourth-order valence-electron chi connectivity index (χ4n) is 5.54. The molecule has 0 N–H and O–H groups in total. The van der Waals surface area contributed by atoms with Crippen LogP contribution >= 0.6 is 0 Å². The second-order valence-corrected chi connectivity index (χ2v) is 16.8. The van der Waals surface area contributed by atoms with Crippen molar-refractivity contribution < 1.29 is 28.6 Å². The molecule has 7 heteroatoms. The molecule has 4 aromatic carbocycles. The molecule has 0 aliphatic carbocycles. The molecule has 229 valence electrons. The van der Waals surface area contributed by atoms with Gasteiger partial charge in [0.15, 0.2) is 0 Å². The SMILES string of the molecule is [2H]C([2H])([2H])c1nc(-c2[c-]cccc2)ccc1[Si](C)(C)C.[Ir].[c-]1ccc2c(oc3ncccc32)c1-c1nc2ccccc2n1-c1ccccc1. The van der Waals surface area contributed by atoms with Crippen LogP contribution in [0.4, 0.5) is 0 Å². The van der Waals surface area contributed by atoms with E-state index in [1.807, 2.05) is 91.0 Å². The minimum atomic E-state index is -2.18. The van der Waals surface area contributed by atoms with E-state index in [-0.39, 0.29) is 25.8 Å². The molecular formula is C39H32IrN4OSi-2. The Morgan fingerprint density at radius 3 is 2.35 bits per heavy atom. The smallest absolute Gasteiger partial charge is 0.216 e. The number of imidazole rings is 1. The summed E-state index contributed by atoms with van der Waals surface area (Å²) in [6.07, 6.45) is 1.74. The van der Waals surface area contributed by atoms with Gasteiger partial charge >= 0.3 is 0 Å². The fraction of sp³-hybridized carbons (Fsp3) is 0.103. The Balaban J connectivity index is 0.000000177. The summed E-state index contributed by atoms with van der Waals surface area (Å²) in [5.74, 6) is 0.803. The Hall–Kier alpha value is -4.68. The molecule has 0 saturated carbocycles. The topological polar surface area (TPSA) is 56.7 Å². The number of rotatable bonds is 4. The van der Waals surface area contributed by atoms with E-state index in [0.29, 0.717) is 11.4 Å². The van der Waals surface area contributed by atoms with Gasteiger partial charge in [-0.2, -0.15) is 0 Å². The minimum absolute atomic E-state index is 0. The van der Waals surface area contributed by atoms with Gasteiger partial charge in [-0.15, -0.1) is 54.1 Å². The van der Waals surface area contributed by atoms with Gasteiger partial charge < -0.3 is 14.0 Å². The third-order valence-electron chi connectivity index (χ3n) is 7.70. The first-order valence-electron chi connectivity index (χ1n) is 16.3. The van der Waals surface area contributed by atoms with Crippen LogP contribution in [-0.4, -0.2) is 27.6 Å². The zero-order valence-electron chi connectivity index (χ0n) is 28.6. The standard InChI is InChI=1S/C24H14N3O.C15H18NSi.Ir/c1-2-8-16(9-3-1)27-21-14-5-4-13-20(21)26-23(27)19-11-6-10-17-18-12-7-15-25-24(18)28-22(17)19;1-12-15(17(2,3)4)11-10-14(16-12)13-8-6-5-7-9-13;/h1-10,12-15H;5-8,10-11H,1-4H3;/q2*-1;/i;1D3;. The number of pyridine rings is 2. The number of furan rings is 1. The maximum atomic E-state index is 7.74. The fourth-order valence-corrected chi connectivity index (χ4v) is 6.89. The summed E-state index contributed by atoms with van der Waals surface area (Å²) in [5, 5.41) is 2.91. The first-order valence-corrected chi connectivity index (χ1v) is 18.3. The van der Waals surface area contributed by atoms with Crippen molar-refractivity contribution in [1.82, 2.24) is 19.5 Å². The van der Waals surface area contributed by atoms with Gasteiger partial charge in [0.25, 0.3) is 0 Å². The van der Waals surface area contributed by atoms with Crippen molar-refractivity contribution in [2.24, 2.45) is 0 Å². The zero-order valence-corrected chi connectivity index (χ0v) is 29.0. The van der Waals surface area contributed by atoms with Crippen molar-refractivity contribution in [3.8, 4) is 28.3 Å². The molecule has 46 heavy (non-hydrogen) atoms. The van der Waals surface area contributed by atoms with Gasteiger partial charge in [0.1, 0.15) is 0 Å². The van der Waals surface area contributed by atoms with E-state index in [1.54, 1.807) is 12.3 Å². The van der Waals surface area contributed by atoms with Gasteiger partial charge in [-0.3, -0.25) is 4.98 Å². The summed E-state index contributed by atoms with van der Waals surface area (Å²) in [5.41, 5.74) is 6.96. The molecule has 0 unspecified atom stereocenters. The number of aryl methyl sites for hydroxylation is 1. The Morgan fingerprint density at radius 2 is 1.57 bits per heavy atom. The Labute approximate surface area is 287 Å². The summed E-state index contributed by atoms with van der Waals surface area (Å²) in [6.45, 7) is 4.22. The van der Waals surface area contributed by atoms with E-state index >= 15 is 0 Å². The quantitative estimate of drug-likeness (QED) is 0.132. The second kappa shape index (κ2) is 13.0. The monoisotopic (exact) mass is 796 g/mol. The molecule has 5 nitrogen and oxygen atoms in total. The van der Waals surface area contributed by atoms with Crippen LogP contribution < -0.4 is 5.19 Å². The Kier molecular flexibility index (Phi) is 7.79. The third-order valence-corrected chi connectivity index (χ3v) is 9.72. The molecule has 0 aliphatic heterocycles. The predicted octanol–water partition coefficient (Wildman–Crippen LogP) is 9.19. The summed E-state index contributed by atoms with van der Waals surface area (Å²) >= 11 is 0. The van der Waals surface area contributed by atoms with E-state index in [2.05, 4.69) is 64.5 Å². The summed E-state index contributed by atoms with van der Waals surface area (Å²) < 4.78 is 31.5. The van der Waals surface area contributed by atoms with E-state index in [4.69, 9.17) is 13.5 Å². The molecule has 1 radical (unpaired) electrons. The average molecular weight is 796 g/mol. The van der Waals surface area contributed by atoms with Gasteiger partial charge in [-0.25, -0.2) is 4.98 Å². The van der Waals surface area contributed by atoms with Crippen molar-refractivity contribution in [3.05, 3.63) is 139 Å². The van der Waals surface area contributed by atoms with Gasteiger partial charge in [0.05, 0.1) is 30.5 Å². The molecule has 0 bridgehead atoms. The maximum absolute atomic E-state index is 7.74. The molecule has 0 amide bonds. The molecule has 0 atom stereocenters. The number of para-hydroxylation sites is 3. The van der Waals surface area contributed by atoms with Gasteiger partial charge in [0.2, 0.25) is 5.71 Å². The van der Waals surface area contributed by atoms with Crippen LogP contribution in [-0.2, 0) is 20.1 Å². The molecule has 0 aliphatic rings. The number of benzene rings is 4. The molecule has 4 aromatic heterocycles. The molecule has 8 aromatic rings. The molecule has 0 spiro atoms. The number of hydrogen-bond donors (Lipinski definition) is 0. The second-order valence-electron chi connectivity index (χ2n) is 11.8. The number of fused-ring (bicyclic) bond motifs is 4. The van der Waals surface area contributed by atoms with E-state index in [0.717, 1.165) is 55.2 Å². The maximum Gasteiger partial charge on any atom is 0.216 e. The van der Waals surface area contributed by atoms with Crippen LogP contribution in [0.25, 0.3) is 61.4 Å². The van der Waals surface area contributed by atoms with Crippen LogP contribution in [0, 0.1) is 19.0 Å². The van der Waals surface area contributed by atoms with Crippen molar-refractivity contribution >= 4 is 46.4 Å². The first kappa shape index (κ1) is 27.6. The number of aromatic nitrogens is 4. The number of nitrogens with zero attached hydrogens (tertiary/aromatic N) is 4.